The normalized spacial score (nSPS) is 20.4. The van der Waals surface area contributed by atoms with E-state index in [4.69, 9.17) is 10.5 Å². The Bertz CT molecular complexity index is 705. The van der Waals surface area contributed by atoms with Crippen LogP contribution in [0.15, 0.2) is 6.07 Å². The highest BCUT2D eigenvalue weighted by atomic mass is 16.5. The molecule has 1 saturated heterocycles. The lowest BCUT2D eigenvalue weighted by molar-refractivity contribution is -0.143. The molecule has 1 aliphatic heterocycles. The third-order valence-corrected chi connectivity index (χ3v) is 5.09. The molecule has 7 nitrogen and oxygen atoms in total. The molecule has 1 aliphatic carbocycles. The standard InChI is InChI=1S/C18H25N3O4/c1-11-9-14(12(2)21(11)13-6-7-13)18(24)25-10-16(22)20-8-4-3-5-15(20)17(19)23/h9,13,15H,3-8,10H2,1-2H3,(H2,19,23)/t15-/m1/s1. The van der Waals surface area contributed by atoms with Crippen molar-refractivity contribution in [1.29, 1.82) is 0 Å². The minimum atomic E-state index is -0.597. The number of rotatable bonds is 5. The van der Waals surface area contributed by atoms with Gasteiger partial charge < -0.3 is 19.9 Å². The predicted octanol–water partition coefficient (Wildman–Crippen LogP) is 1.46. The SMILES string of the molecule is Cc1cc(C(=O)OCC(=O)N2CCCC[C@@H]2C(N)=O)c(C)n1C1CC1. The van der Waals surface area contributed by atoms with Crippen LogP contribution in [-0.2, 0) is 14.3 Å². The van der Waals surface area contributed by atoms with Gasteiger partial charge in [-0.15, -0.1) is 0 Å². The van der Waals surface area contributed by atoms with Gasteiger partial charge in [0.25, 0.3) is 5.91 Å². The van der Waals surface area contributed by atoms with Crippen molar-refractivity contribution in [2.75, 3.05) is 13.2 Å². The highest BCUT2D eigenvalue weighted by Gasteiger charge is 2.32. The van der Waals surface area contributed by atoms with Gasteiger partial charge in [0.2, 0.25) is 5.91 Å². The zero-order valence-corrected chi connectivity index (χ0v) is 14.8. The smallest absolute Gasteiger partial charge is 0.340 e. The van der Waals surface area contributed by atoms with Crippen molar-refractivity contribution in [3.8, 4) is 0 Å². The molecule has 0 spiro atoms. The van der Waals surface area contributed by atoms with E-state index in [1.165, 1.54) is 4.90 Å². The Labute approximate surface area is 147 Å². The molecule has 2 amide bonds. The van der Waals surface area contributed by atoms with Gasteiger partial charge in [-0.05, 0) is 52.0 Å². The maximum Gasteiger partial charge on any atom is 0.340 e. The minimum absolute atomic E-state index is 0.365. The quantitative estimate of drug-likeness (QED) is 0.816. The Hall–Kier alpha value is -2.31. The lowest BCUT2D eigenvalue weighted by Crippen LogP contribution is -2.51. The topological polar surface area (TPSA) is 94.6 Å². The van der Waals surface area contributed by atoms with Gasteiger partial charge in [-0.25, -0.2) is 4.79 Å². The van der Waals surface area contributed by atoms with E-state index in [9.17, 15) is 14.4 Å². The number of nitrogens with two attached hydrogens (primary N) is 1. The molecule has 1 aromatic heterocycles. The summed E-state index contributed by atoms with van der Waals surface area (Å²) >= 11 is 0. The summed E-state index contributed by atoms with van der Waals surface area (Å²) in [6.07, 6.45) is 4.52. The van der Waals surface area contributed by atoms with Gasteiger partial charge >= 0.3 is 5.97 Å². The molecule has 2 N–H and O–H groups in total. The van der Waals surface area contributed by atoms with Crippen LogP contribution in [0.4, 0.5) is 0 Å². The van der Waals surface area contributed by atoms with Crippen molar-refractivity contribution in [3.05, 3.63) is 23.0 Å². The zero-order valence-electron chi connectivity index (χ0n) is 14.8. The molecule has 25 heavy (non-hydrogen) atoms. The fourth-order valence-electron chi connectivity index (χ4n) is 3.69. The van der Waals surface area contributed by atoms with Crippen molar-refractivity contribution < 1.29 is 19.1 Å². The summed E-state index contributed by atoms with van der Waals surface area (Å²) in [4.78, 5) is 37.7. The van der Waals surface area contributed by atoms with Crippen molar-refractivity contribution in [2.45, 2.75) is 58.0 Å². The van der Waals surface area contributed by atoms with Crippen LogP contribution in [0, 0.1) is 13.8 Å². The van der Waals surface area contributed by atoms with E-state index in [1.54, 1.807) is 0 Å². The molecule has 0 bridgehead atoms. The first kappa shape index (κ1) is 17.5. The number of hydrogen-bond donors (Lipinski definition) is 1. The Morgan fingerprint density at radius 2 is 1.92 bits per heavy atom. The number of ether oxygens (including phenoxy) is 1. The highest BCUT2D eigenvalue weighted by molar-refractivity contribution is 5.93. The van der Waals surface area contributed by atoms with Crippen LogP contribution in [-0.4, -0.2) is 46.4 Å². The van der Waals surface area contributed by atoms with E-state index in [0.29, 0.717) is 24.6 Å². The number of carbonyl (C=O) groups excluding carboxylic acids is 3. The minimum Gasteiger partial charge on any atom is -0.452 e. The fraction of sp³-hybridized carbons (Fsp3) is 0.611. The van der Waals surface area contributed by atoms with Crippen LogP contribution in [0.2, 0.25) is 0 Å². The summed E-state index contributed by atoms with van der Waals surface area (Å²) in [7, 11) is 0. The van der Waals surface area contributed by atoms with Gasteiger partial charge in [0.15, 0.2) is 6.61 Å². The molecule has 1 aromatic rings. The van der Waals surface area contributed by atoms with Crippen LogP contribution in [0.3, 0.4) is 0 Å². The maximum absolute atomic E-state index is 12.4. The van der Waals surface area contributed by atoms with Crippen LogP contribution in [0.5, 0.6) is 0 Å². The second-order valence-electron chi connectivity index (χ2n) is 6.96. The van der Waals surface area contributed by atoms with Gasteiger partial charge in [0.05, 0.1) is 5.56 Å². The third kappa shape index (κ3) is 3.55. The van der Waals surface area contributed by atoms with Crippen LogP contribution < -0.4 is 5.73 Å². The summed E-state index contributed by atoms with van der Waals surface area (Å²) in [5.74, 6) is -1.37. The number of carbonyl (C=O) groups is 3. The van der Waals surface area contributed by atoms with Gasteiger partial charge in [-0.1, -0.05) is 0 Å². The first-order chi connectivity index (χ1) is 11.9. The summed E-state index contributed by atoms with van der Waals surface area (Å²) in [6.45, 7) is 3.98. The van der Waals surface area contributed by atoms with Gasteiger partial charge in [-0.2, -0.15) is 0 Å². The molecule has 7 heteroatoms. The van der Waals surface area contributed by atoms with E-state index < -0.39 is 17.9 Å². The first-order valence-corrected chi connectivity index (χ1v) is 8.84. The largest absolute Gasteiger partial charge is 0.452 e. The zero-order chi connectivity index (χ0) is 18.1. The average Bonchev–Trinajstić information content (AvgIpc) is 3.37. The molecule has 2 fully saturated rings. The Morgan fingerprint density at radius 3 is 2.56 bits per heavy atom. The van der Waals surface area contributed by atoms with Gasteiger partial charge in [0.1, 0.15) is 6.04 Å². The fourth-order valence-corrected chi connectivity index (χ4v) is 3.69. The highest BCUT2D eigenvalue weighted by Crippen LogP contribution is 2.38. The van der Waals surface area contributed by atoms with E-state index >= 15 is 0 Å². The van der Waals surface area contributed by atoms with Crippen LogP contribution in [0.25, 0.3) is 0 Å². The average molecular weight is 347 g/mol. The second-order valence-corrected chi connectivity index (χ2v) is 6.96. The number of likely N-dealkylation sites (tertiary alicyclic amines) is 1. The molecular weight excluding hydrogens is 322 g/mol. The van der Waals surface area contributed by atoms with E-state index in [-0.39, 0.29) is 12.5 Å². The molecule has 0 aromatic carbocycles. The molecule has 3 rings (SSSR count). The first-order valence-electron chi connectivity index (χ1n) is 8.84. The van der Waals surface area contributed by atoms with Gasteiger partial charge in [0, 0.05) is 24.0 Å². The van der Waals surface area contributed by atoms with Crippen molar-refractivity contribution in [2.24, 2.45) is 5.73 Å². The molecular formula is C18H25N3O4. The van der Waals surface area contributed by atoms with E-state index in [0.717, 1.165) is 37.1 Å². The monoisotopic (exact) mass is 347 g/mol. The number of esters is 1. The number of primary amides is 1. The third-order valence-electron chi connectivity index (χ3n) is 5.09. The summed E-state index contributed by atoms with van der Waals surface area (Å²) in [5, 5.41) is 0. The van der Waals surface area contributed by atoms with Crippen LogP contribution in [0.1, 0.15) is 59.9 Å². The molecule has 0 radical (unpaired) electrons. The summed E-state index contributed by atoms with van der Waals surface area (Å²) in [6, 6.07) is 1.70. The molecule has 0 unspecified atom stereocenters. The predicted molar refractivity (Wildman–Crippen MR) is 91.0 cm³/mol. The molecule has 2 heterocycles. The van der Waals surface area contributed by atoms with Crippen molar-refractivity contribution in [3.63, 3.8) is 0 Å². The van der Waals surface area contributed by atoms with Gasteiger partial charge in [-0.3, -0.25) is 9.59 Å². The van der Waals surface area contributed by atoms with Crippen molar-refractivity contribution in [1.82, 2.24) is 9.47 Å². The van der Waals surface area contributed by atoms with Crippen LogP contribution >= 0.6 is 0 Å². The lowest BCUT2D eigenvalue weighted by atomic mass is 10.0. The number of aromatic nitrogens is 1. The summed E-state index contributed by atoms with van der Waals surface area (Å²) < 4.78 is 7.38. The number of hydrogen-bond acceptors (Lipinski definition) is 4. The second kappa shape index (κ2) is 6.90. The molecule has 2 aliphatic rings. The maximum atomic E-state index is 12.4. The molecule has 1 atom stereocenters. The number of piperidine rings is 1. The van der Waals surface area contributed by atoms with E-state index in [1.807, 2.05) is 19.9 Å². The Morgan fingerprint density at radius 1 is 1.20 bits per heavy atom. The molecule has 1 saturated carbocycles. The number of nitrogens with zero attached hydrogens (tertiary/aromatic N) is 2. The Kier molecular flexibility index (Phi) is 4.83. The van der Waals surface area contributed by atoms with E-state index in [2.05, 4.69) is 4.57 Å². The summed E-state index contributed by atoms with van der Waals surface area (Å²) in [5.41, 5.74) is 7.79. The lowest BCUT2D eigenvalue weighted by Gasteiger charge is -2.33. The molecule has 136 valence electrons. The Balaban J connectivity index is 1.63. The van der Waals surface area contributed by atoms with Crippen molar-refractivity contribution >= 4 is 17.8 Å². The number of amides is 2. The number of aryl methyl sites for hydroxylation is 1.